The minimum Gasteiger partial charge on any atom is -0.303 e. The molecule has 0 spiro atoms. The second-order valence-electron chi connectivity index (χ2n) is 12.3. The smallest absolute Gasteiger partial charge is 0.0101 e. The van der Waals surface area contributed by atoms with Crippen LogP contribution in [0.5, 0.6) is 0 Å². The molecule has 0 unspecified atom stereocenters. The highest BCUT2D eigenvalue weighted by Crippen LogP contribution is 2.35. The predicted molar refractivity (Wildman–Crippen MR) is 157 cm³/mol. The average molecular weight is 491 g/mol. The van der Waals surface area contributed by atoms with Crippen molar-refractivity contribution in [2.24, 2.45) is 0 Å². The summed E-state index contributed by atoms with van der Waals surface area (Å²) >= 11 is 0. The maximum atomic E-state index is 3.08. The maximum absolute atomic E-state index is 3.08. The van der Waals surface area contributed by atoms with Gasteiger partial charge in [0.1, 0.15) is 0 Å². The quantitative estimate of drug-likeness (QED) is 0.211. The Morgan fingerprint density at radius 1 is 0.400 bits per heavy atom. The molecule has 0 aromatic rings. The second kappa shape index (κ2) is 20.9. The van der Waals surface area contributed by atoms with Crippen LogP contribution in [-0.2, 0) is 0 Å². The predicted octanol–water partition coefficient (Wildman–Crippen LogP) is 10.1. The van der Waals surface area contributed by atoms with Gasteiger partial charge in [0.05, 0.1) is 0 Å². The van der Waals surface area contributed by atoms with Crippen LogP contribution in [0.15, 0.2) is 0 Å². The number of hydrogen-bond donors (Lipinski definition) is 0. The lowest BCUT2D eigenvalue weighted by Gasteiger charge is -2.47. The van der Waals surface area contributed by atoms with Crippen molar-refractivity contribution in [1.29, 1.82) is 0 Å². The van der Waals surface area contributed by atoms with Crippen LogP contribution >= 0.6 is 0 Å². The third-order valence-corrected chi connectivity index (χ3v) is 9.22. The molecule has 2 nitrogen and oxygen atoms in total. The molecule has 0 atom stereocenters. The highest BCUT2D eigenvalue weighted by atomic mass is 15.2. The van der Waals surface area contributed by atoms with Crippen LogP contribution in [0, 0.1) is 0 Å². The molecule has 2 heteroatoms. The van der Waals surface area contributed by atoms with Crippen LogP contribution in [0.4, 0.5) is 0 Å². The summed E-state index contributed by atoms with van der Waals surface area (Å²) in [6.45, 7) is 10.9. The van der Waals surface area contributed by atoms with Crippen molar-refractivity contribution in [3.05, 3.63) is 0 Å². The van der Waals surface area contributed by atoms with Crippen molar-refractivity contribution in [1.82, 2.24) is 9.80 Å². The largest absolute Gasteiger partial charge is 0.303 e. The van der Waals surface area contributed by atoms with Crippen molar-refractivity contribution < 1.29 is 0 Å². The minimum atomic E-state index is 0.958. The van der Waals surface area contributed by atoms with Gasteiger partial charge in [0.2, 0.25) is 0 Å². The fraction of sp³-hybridized carbons (Fsp3) is 1.00. The normalized spacial score (nSPS) is 20.8. The second-order valence-corrected chi connectivity index (χ2v) is 12.3. The molecule has 3 aliphatic rings. The molecule has 0 radical (unpaired) electrons. The third kappa shape index (κ3) is 13.3. The number of unbranched alkanes of at least 4 members (excludes halogenated alkanes) is 6. The first-order valence-corrected chi connectivity index (χ1v) is 16.8. The van der Waals surface area contributed by atoms with E-state index in [2.05, 4.69) is 30.6 Å². The Kier molecular flexibility index (Phi) is 18.6. The molecular weight excluding hydrogens is 424 g/mol. The molecule has 0 N–H and O–H groups in total. The van der Waals surface area contributed by atoms with Gasteiger partial charge >= 0.3 is 0 Å². The van der Waals surface area contributed by atoms with E-state index in [0.717, 1.165) is 18.1 Å². The summed E-state index contributed by atoms with van der Waals surface area (Å²) in [7, 11) is 0. The Labute approximate surface area is 222 Å². The first-order chi connectivity index (χ1) is 17.3. The molecule has 0 bridgehead atoms. The van der Waals surface area contributed by atoms with E-state index in [1.807, 2.05) is 0 Å². The monoisotopic (exact) mass is 491 g/mol. The van der Waals surface area contributed by atoms with E-state index < -0.39 is 0 Å². The van der Waals surface area contributed by atoms with E-state index in [4.69, 9.17) is 0 Å². The topological polar surface area (TPSA) is 6.48 Å². The Morgan fingerprint density at radius 3 is 0.943 bits per heavy atom. The number of hydrogen-bond acceptors (Lipinski definition) is 2. The molecule has 3 rings (SSSR count). The van der Waals surface area contributed by atoms with E-state index in [1.54, 1.807) is 0 Å². The van der Waals surface area contributed by atoms with Crippen LogP contribution < -0.4 is 0 Å². The van der Waals surface area contributed by atoms with Crippen LogP contribution in [0.1, 0.15) is 175 Å². The Hall–Kier alpha value is -0.0800. The zero-order chi connectivity index (χ0) is 25.0. The highest BCUT2D eigenvalue weighted by molar-refractivity contribution is 4.89. The third-order valence-electron chi connectivity index (χ3n) is 9.22. The van der Waals surface area contributed by atoms with Gasteiger partial charge in [-0.2, -0.15) is 0 Å². The van der Waals surface area contributed by atoms with E-state index >= 15 is 0 Å². The van der Waals surface area contributed by atoms with Gasteiger partial charge in [-0.15, -0.1) is 0 Å². The lowest BCUT2D eigenvalue weighted by molar-refractivity contribution is 0.0221. The number of nitrogens with zero attached hydrogens (tertiary/aromatic N) is 2. The fourth-order valence-corrected chi connectivity index (χ4v) is 7.12. The first kappa shape index (κ1) is 31.1. The van der Waals surface area contributed by atoms with Gasteiger partial charge in [0, 0.05) is 18.1 Å². The molecule has 208 valence electrons. The summed E-state index contributed by atoms with van der Waals surface area (Å²) in [6, 6.07) is 2.87. The summed E-state index contributed by atoms with van der Waals surface area (Å²) in [5, 5.41) is 0. The fourth-order valence-electron chi connectivity index (χ4n) is 7.12. The van der Waals surface area contributed by atoms with E-state index in [9.17, 15) is 0 Å². The summed E-state index contributed by atoms with van der Waals surface area (Å²) in [4.78, 5) is 5.78. The van der Waals surface area contributed by atoms with Crippen molar-refractivity contribution in [3.63, 3.8) is 0 Å². The minimum absolute atomic E-state index is 0.958. The van der Waals surface area contributed by atoms with Crippen LogP contribution in [0.2, 0.25) is 0 Å². The van der Waals surface area contributed by atoms with Crippen LogP contribution in [0.25, 0.3) is 0 Å². The summed E-state index contributed by atoms with van der Waals surface area (Å²) in [5.74, 6) is 0. The van der Waals surface area contributed by atoms with Gasteiger partial charge in [-0.05, 0) is 77.4 Å². The van der Waals surface area contributed by atoms with Gasteiger partial charge in [0.25, 0.3) is 0 Å². The maximum Gasteiger partial charge on any atom is 0.0101 e. The Bertz CT molecular complexity index is 379. The Balaban J connectivity index is 0.000000252. The number of rotatable bonds is 15. The van der Waals surface area contributed by atoms with Gasteiger partial charge < -0.3 is 4.90 Å². The highest BCUT2D eigenvalue weighted by Gasteiger charge is 2.34. The molecule has 0 heterocycles. The molecule has 0 amide bonds. The van der Waals surface area contributed by atoms with E-state index in [-0.39, 0.29) is 0 Å². The van der Waals surface area contributed by atoms with Crippen molar-refractivity contribution in [3.8, 4) is 0 Å². The van der Waals surface area contributed by atoms with Gasteiger partial charge in [-0.1, -0.05) is 117 Å². The molecule has 0 aromatic heterocycles. The van der Waals surface area contributed by atoms with Crippen molar-refractivity contribution >= 4 is 0 Å². The van der Waals surface area contributed by atoms with Crippen molar-refractivity contribution in [2.75, 3.05) is 19.6 Å². The summed E-state index contributed by atoms with van der Waals surface area (Å²) in [6.07, 6.45) is 35.0. The molecule has 0 aliphatic heterocycles. The molecule has 3 saturated carbocycles. The lowest BCUT2D eigenvalue weighted by atomic mass is 9.84. The first-order valence-electron chi connectivity index (χ1n) is 16.8. The Morgan fingerprint density at radius 2 is 0.686 bits per heavy atom. The standard InChI is InChI=1S/C18H33N.C15H33N/c1-4-10-16(11-5-1)19(17-12-6-2-7-13-17)18-14-8-3-9-15-18;1-4-7-10-13-16(14-11-8-5-2)15-12-9-6-3/h16-18H,1-15H2;4-15H2,1-3H3. The van der Waals surface area contributed by atoms with Crippen LogP contribution in [0.3, 0.4) is 0 Å². The summed E-state index contributed by atoms with van der Waals surface area (Å²) < 4.78 is 0. The molecule has 35 heavy (non-hydrogen) atoms. The van der Waals surface area contributed by atoms with Crippen molar-refractivity contribution in [2.45, 2.75) is 193 Å². The SMILES string of the molecule is C1CCC(N(C2CCCCC2)C2CCCCC2)CC1.CCCCCN(CCCCC)CCCCC. The zero-order valence-electron chi connectivity index (χ0n) is 24.7. The molecular formula is C33H66N2. The van der Waals surface area contributed by atoms with E-state index in [1.165, 1.54) is 174 Å². The summed E-state index contributed by atoms with van der Waals surface area (Å²) in [5.41, 5.74) is 0. The lowest BCUT2D eigenvalue weighted by Crippen LogP contribution is -2.51. The average Bonchev–Trinajstić information content (AvgIpc) is 2.91. The van der Waals surface area contributed by atoms with Crippen LogP contribution in [-0.4, -0.2) is 47.6 Å². The van der Waals surface area contributed by atoms with E-state index in [0.29, 0.717) is 0 Å². The molecule has 0 saturated heterocycles. The van der Waals surface area contributed by atoms with Gasteiger partial charge in [0.15, 0.2) is 0 Å². The molecule has 3 fully saturated rings. The van der Waals surface area contributed by atoms with Gasteiger partial charge in [-0.25, -0.2) is 0 Å². The molecule has 3 aliphatic carbocycles. The molecule has 0 aromatic carbocycles. The van der Waals surface area contributed by atoms with Gasteiger partial charge in [-0.3, -0.25) is 4.90 Å². The zero-order valence-corrected chi connectivity index (χ0v) is 24.7.